The first kappa shape index (κ1) is 92.3. The Hall–Kier alpha value is -8.62. The summed E-state index contributed by atoms with van der Waals surface area (Å²) < 4.78 is 216. The highest BCUT2D eigenvalue weighted by Crippen LogP contribution is 2.40. The highest BCUT2D eigenvalue weighted by Gasteiger charge is 2.27. The average molecular weight is 1660 g/mol. The molecule has 6 aromatic rings. The van der Waals surface area contributed by atoms with Crippen molar-refractivity contribution in [2.24, 2.45) is 0 Å². The first-order valence-electron chi connectivity index (χ1n) is 36.3. The number of nitrogens with zero attached hydrogens (tertiary/aromatic N) is 6. The van der Waals surface area contributed by atoms with E-state index in [1.807, 2.05) is 146 Å². The fraction of sp³-hybridized carbons (Fsp3) is 0.296. The lowest BCUT2D eigenvalue weighted by Crippen LogP contribution is -2.21. The summed E-state index contributed by atoms with van der Waals surface area (Å²) in [4.78, 5) is 2.32. The Morgan fingerprint density at radius 3 is 0.634 bits per heavy atom. The molecule has 0 unspecified atom stereocenters. The van der Waals surface area contributed by atoms with Gasteiger partial charge in [0.1, 0.15) is 69.6 Å². The minimum Gasteiger partial charge on any atom is -0.744 e. The summed E-state index contributed by atoms with van der Waals surface area (Å²) in [6, 6.07) is 31.8. The van der Waals surface area contributed by atoms with Crippen molar-refractivity contribution in [3.05, 3.63) is 250 Å². The third-order valence-electron chi connectivity index (χ3n) is 19.1. The van der Waals surface area contributed by atoms with Gasteiger partial charge in [-0.3, -0.25) is 13.7 Å². The SMILES string of the molecule is CCN(CC)c1ccc(C(=C2C=CC(=[N+](CC)CC)C=C2)c2ccc(S(=O)(=O)O)cc2S(=O)(=O)[O-])cc1.CCN(CC)c1ccc(C(=C2C=CC(=[N+](CC)CC)C=C2)c2ccc(S(=O)(=O)O)cc2S(=O)(=O)[O-])cc1.CCN(CC)c1ccc(C(=C2C=CC(=[N+](CC)CC)C=C2)c2ccc(S(=O)(=O)O)cc2S(=O)(=O)[O-])cc1.[Al]. The van der Waals surface area contributed by atoms with Crippen LogP contribution in [0.3, 0.4) is 0 Å². The third-order valence-corrected chi connectivity index (χ3v) is 24.3. The van der Waals surface area contributed by atoms with Gasteiger partial charge in [0.05, 0.1) is 29.4 Å². The molecule has 597 valence electrons. The largest absolute Gasteiger partial charge is 0.744 e. The van der Waals surface area contributed by atoms with Crippen LogP contribution in [0, 0.1) is 0 Å². The Morgan fingerprint density at radius 1 is 0.295 bits per heavy atom. The van der Waals surface area contributed by atoms with Crippen LogP contribution in [-0.4, -0.2) is 205 Å². The molecule has 0 aliphatic heterocycles. The van der Waals surface area contributed by atoms with Crippen molar-refractivity contribution in [3.63, 3.8) is 0 Å². The monoisotopic (exact) mass is 1660 g/mol. The van der Waals surface area contributed by atoms with E-state index < -0.39 is 90.1 Å². The second-order valence-electron chi connectivity index (χ2n) is 25.2. The van der Waals surface area contributed by atoms with E-state index in [2.05, 4.69) is 112 Å². The third kappa shape index (κ3) is 23.1. The number of anilines is 3. The fourth-order valence-corrected chi connectivity index (χ4v) is 17.1. The van der Waals surface area contributed by atoms with Crippen molar-refractivity contribution in [1.29, 1.82) is 0 Å². The van der Waals surface area contributed by atoms with E-state index in [0.29, 0.717) is 68.3 Å². The van der Waals surface area contributed by atoms with Gasteiger partial charge in [0.15, 0.2) is 17.1 Å². The fourth-order valence-electron chi connectivity index (χ4n) is 13.2. The molecule has 0 aromatic heterocycles. The van der Waals surface area contributed by atoms with Gasteiger partial charge in [0, 0.05) is 127 Å². The molecule has 0 atom stereocenters. The van der Waals surface area contributed by atoms with Gasteiger partial charge < -0.3 is 28.4 Å². The van der Waals surface area contributed by atoms with Crippen LogP contribution in [-0.2, 0) is 60.7 Å². The molecule has 0 fully saturated rings. The molecule has 3 radical (unpaired) electrons. The zero-order chi connectivity index (χ0) is 82.1. The van der Waals surface area contributed by atoms with Crippen LogP contribution in [0.5, 0.6) is 0 Å². The number of allylic oxidation sites excluding steroid dienone is 15. The highest BCUT2D eigenvalue weighted by atomic mass is 32.2. The van der Waals surface area contributed by atoms with E-state index in [0.717, 1.165) is 131 Å². The van der Waals surface area contributed by atoms with Crippen molar-refractivity contribution in [2.45, 2.75) is 112 Å². The average Bonchev–Trinajstić information content (AvgIpc) is 0.776. The van der Waals surface area contributed by atoms with Crippen LogP contribution in [0.4, 0.5) is 17.1 Å². The lowest BCUT2D eigenvalue weighted by atomic mass is 9.90. The minimum absolute atomic E-state index is 0. The molecule has 0 saturated heterocycles. The molecule has 0 bridgehead atoms. The summed E-state index contributed by atoms with van der Waals surface area (Å²) in [6.45, 7) is 34.4. The van der Waals surface area contributed by atoms with E-state index >= 15 is 0 Å². The number of hydrogen-bond donors (Lipinski definition) is 3. The summed E-state index contributed by atoms with van der Waals surface area (Å²) in [6.07, 6.45) is 22.6. The van der Waals surface area contributed by atoms with E-state index in [4.69, 9.17) is 0 Å². The van der Waals surface area contributed by atoms with E-state index in [-0.39, 0.29) is 34.1 Å². The standard InChI is InChI=1S/3C27H32N2O6S2.Al/c3*1-5-28(6-2)22-13-9-20(10-14-22)27(21-11-15-23(16-12-21)29(7-3)8-4)25-18-17-24(36(30,31)32)19-26(25)37(33,34)35;/h3*9-19H,5-8H2,1-4H3,(H-,30,31,32,33,34,35);. The van der Waals surface area contributed by atoms with Crippen LogP contribution in [0.1, 0.15) is 116 Å². The lowest BCUT2D eigenvalue weighted by Gasteiger charge is -2.23. The molecular weight excluding hydrogens is 1560 g/mol. The second kappa shape index (κ2) is 39.9. The van der Waals surface area contributed by atoms with Crippen molar-refractivity contribution >= 4 is 129 Å². The number of hydrogen-bond acceptors (Lipinski definition) is 18. The Balaban J connectivity index is 0.000000261. The Kier molecular flexibility index (Phi) is 32.9. The van der Waals surface area contributed by atoms with Crippen molar-refractivity contribution in [1.82, 2.24) is 0 Å². The first-order valence-corrected chi connectivity index (χ1v) is 44.8. The zero-order valence-corrected chi connectivity index (χ0v) is 70.8. The quantitative estimate of drug-likeness (QED) is 0.0245. The Morgan fingerprint density at radius 2 is 0.482 bits per heavy atom. The smallest absolute Gasteiger partial charge is 0.294 e. The zero-order valence-electron chi connectivity index (χ0n) is 64.7. The number of rotatable bonds is 27. The molecule has 3 aliphatic carbocycles. The van der Waals surface area contributed by atoms with E-state index in [1.165, 1.54) is 18.2 Å². The predicted octanol–water partition coefficient (Wildman–Crippen LogP) is 11.9. The topological polar surface area (TPSA) is 353 Å². The van der Waals surface area contributed by atoms with Gasteiger partial charge in [-0.1, -0.05) is 54.6 Å². The van der Waals surface area contributed by atoms with E-state index in [9.17, 15) is 77.8 Å². The maximum atomic E-state index is 12.3. The maximum Gasteiger partial charge on any atom is 0.294 e. The number of benzene rings is 6. The van der Waals surface area contributed by atoms with Crippen LogP contribution < -0.4 is 14.7 Å². The second-order valence-corrected chi connectivity index (χ2v) is 33.5. The highest BCUT2D eigenvalue weighted by molar-refractivity contribution is 7.87. The van der Waals surface area contributed by atoms with Crippen molar-refractivity contribution < 1.29 is 91.5 Å². The molecule has 0 heterocycles. The van der Waals surface area contributed by atoms with Gasteiger partial charge in [-0.15, -0.1) is 0 Å². The van der Waals surface area contributed by atoms with Crippen LogP contribution >= 0.6 is 0 Å². The maximum absolute atomic E-state index is 12.3. The van der Waals surface area contributed by atoms with Gasteiger partial charge in [-0.25, -0.2) is 39.0 Å². The van der Waals surface area contributed by atoms with Gasteiger partial charge in [0.2, 0.25) is 0 Å². The molecule has 112 heavy (non-hydrogen) atoms. The molecule has 31 heteroatoms. The molecular formula is C81H96AlN6O18S6. The summed E-state index contributed by atoms with van der Waals surface area (Å²) in [7, 11) is -29.5. The minimum atomic E-state index is -5.10. The van der Waals surface area contributed by atoms with Crippen molar-refractivity contribution in [3.8, 4) is 0 Å². The van der Waals surface area contributed by atoms with Crippen LogP contribution in [0.25, 0.3) is 16.7 Å². The summed E-state index contributed by atoms with van der Waals surface area (Å²) >= 11 is 0. The molecule has 0 saturated carbocycles. The van der Waals surface area contributed by atoms with Crippen molar-refractivity contribution in [2.75, 3.05) is 93.2 Å². The molecule has 3 N–H and O–H groups in total. The van der Waals surface area contributed by atoms with Gasteiger partial charge in [0.25, 0.3) is 30.4 Å². The molecule has 0 amide bonds. The van der Waals surface area contributed by atoms with Gasteiger partial charge >= 0.3 is 0 Å². The molecule has 24 nitrogen and oxygen atoms in total. The molecule has 0 spiro atoms. The lowest BCUT2D eigenvalue weighted by molar-refractivity contribution is -0.519. The van der Waals surface area contributed by atoms with E-state index in [1.54, 1.807) is 0 Å². The predicted molar refractivity (Wildman–Crippen MR) is 440 cm³/mol. The molecule has 6 aromatic carbocycles. The van der Waals surface area contributed by atoms with Gasteiger partial charge in [-0.05, 0) is 242 Å². The summed E-state index contributed by atoms with van der Waals surface area (Å²) in [5.74, 6) is 0. The Labute approximate surface area is 671 Å². The van der Waals surface area contributed by atoms with Gasteiger partial charge in [-0.2, -0.15) is 25.3 Å². The Bertz CT molecular complexity index is 4970. The first-order chi connectivity index (χ1) is 52.3. The van der Waals surface area contributed by atoms with Crippen LogP contribution in [0.15, 0.2) is 246 Å². The normalized spacial score (nSPS) is 13.6. The summed E-state index contributed by atoms with van der Waals surface area (Å²) in [5.41, 5.74) is 11.3. The molecule has 9 rings (SSSR count). The molecule has 3 aliphatic rings. The van der Waals surface area contributed by atoms with Crippen LogP contribution in [0.2, 0.25) is 0 Å². The summed E-state index contributed by atoms with van der Waals surface area (Å²) in [5, 5.41) is 0.